The summed E-state index contributed by atoms with van der Waals surface area (Å²) in [5.74, 6) is 0.783. The van der Waals surface area contributed by atoms with E-state index in [0.717, 1.165) is 33.6 Å². The molecule has 1 aromatic heterocycles. The van der Waals surface area contributed by atoms with E-state index in [1.807, 2.05) is 24.3 Å². The minimum Gasteiger partial charge on any atom is -0.497 e. The zero-order valence-electron chi connectivity index (χ0n) is 11.6. The highest BCUT2D eigenvalue weighted by Crippen LogP contribution is 2.28. The first-order valence-corrected chi connectivity index (χ1v) is 6.49. The SMILES string of the molecule is COc1ccc2c(N)cc(-c3ccc(C)cc3)nc2c1. The molecule has 2 aromatic carbocycles. The number of hydrogen-bond donors (Lipinski definition) is 1. The number of rotatable bonds is 2. The Morgan fingerprint density at radius 1 is 1.00 bits per heavy atom. The van der Waals surface area contributed by atoms with Gasteiger partial charge in [0.25, 0.3) is 0 Å². The molecule has 3 aromatic rings. The Morgan fingerprint density at radius 3 is 2.45 bits per heavy atom. The smallest absolute Gasteiger partial charge is 0.121 e. The number of aryl methyl sites for hydroxylation is 1. The van der Waals surface area contributed by atoms with Gasteiger partial charge >= 0.3 is 0 Å². The first kappa shape index (κ1) is 12.5. The van der Waals surface area contributed by atoms with Crippen molar-refractivity contribution in [3.63, 3.8) is 0 Å². The number of benzene rings is 2. The number of nitrogens with two attached hydrogens (primary N) is 1. The van der Waals surface area contributed by atoms with Crippen LogP contribution in [0, 0.1) is 6.92 Å². The summed E-state index contributed by atoms with van der Waals surface area (Å²) in [4.78, 5) is 4.68. The Balaban J connectivity index is 2.19. The Kier molecular flexibility index (Phi) is 3.03. The maximum Gasteiger partial charge on any atom is 0.121 e. The van der Waals surface area contributed by atoms with Gasteiger partial charge in [-0.25, -0.2) is 4.98 Å². The quantitative estimate of drug-likeness (QED) is 0.765. The van der Waals surface area contributed by atoms with Gasteiger partial charge in [-0.05, 0) is 25.1 Å². The van der Waals surface area contributed by atoms with Crippen LogP contribution in [0.5, 0.6) is 5.75 Å². The van der Waals surface area contributed by atoms with Gasteiger partial charge in [0.05, 0.1) is 18.3 Å². The van der Waals surface area contributed by atoms with E-state index in [9.17, 15) is 0 Å². The summed E-state index contributed by atoms with van der Waals surface area (Å²) >= 11 is 0. The van der Waals surface area contributed by atoms with Crippen molar-refractivity contribution in [3.8, 4) is 17.0 Å². The summed E-state index contributed by atoms with van der Waals surface area (Å²) in [5, 5.41) is 0.946. The fourth-order valence-electron chi connectivity index (χ4n) is 2.23. The van der Waals surface area contributed by atoms with Gasteiger partial charge in [0.2, 0.25) is 0 Å². The largest absolute Gasteiger partial charge is 0.497 e. The van der Waals surface area contributed by atoms with E-state index in [1.165, 1.54) is 5.56 Å². The van der Waals surface area contributed by atoms with Gasteiger partial charge in [-0.2, -0.15) is 0 Å². The molecule has 0 radical (unpaired) electrons. The zero-order chi connectivity index (χ0) is 14.1. The molecule has 0 saturated heterocycles. The number of methoxy groups -OCH3 is 1. The molecule has 0 aliphatic heterocycles. The van der Waals surface area contributed by atoms with Gasteiger partial charge in [0.15, 0.2) is 0 Å². The second kappa shape index (κ2) is 4.85. The first-order valence-electron chi connectivity index (χ1n) is 6.49. The number of fused-ring (bicyclic) bond motifs is 1. The van der Waals surface area contributed by atoms with Crippen molar-refractivity contribution < 1.29 is 4.74 Å². The molecule has 0 atom stereocenters. The Hall–Kier alpha value is -2.55. The Morgan fingerprint density at radius 2 is 1.75 bits per heavy atom. The van der Waals surface area contributed by atoms with Crippen LogP contribution in [-0.2, 0) is 0 Å². The first-order chi connectivity index (χ1) is 9.67. The minimum absolute atomic E-state index is 0.730. The van der Waals surface area contributed by atoms with E-state index in [2.05, 4.69) is 36.2 Å². The van der Waals surface area contributed by atoms with Gasteiger partial charge in [-0.3, -0.25) is 0 Å². The summed E-state index contributed by atoms with van der Waals surface area (Å²) in [6.45, 7) is 2.07. The number of hydrogen-bond acceptors (Lipinski definition) is 3. The van der Waals surface area contributed by atoms with Crippen LogP contribution in [0.25, 0.3) is 22.2 Å². The molecule has 20 heavy (non-hydrogen) atoms. The third-order valence-corrected chi connectivity index (χ3v) is 3.40. The summed E-state index contributed by atoms with van der Waals surface area (Å²) in [6.07, 6.45) is 0. The van der Waals surface area contributed by atoms with E-state index < -0.39 is 0 Å². The normalized spacial score (nSPS) is 10.7. The average molecular weight is 264 g/mol. The molecular weight excluding hydrogens is 248 g/mol. The van der Waals surface area contributed by atoms with Crippen LogP contribution in [0.4, 0.5) is 5.69 Å². The van der Waals surface area contributed by atoms with Crippen LogP contribution < -0.4 is 10.5 Å². The van der Waals surface area contributed by atoms with Crippen molar-refractivity contribution in [3.05, 3.63) is 54.1 Å². The molecule has 1 heterocycles. The van der Waals surface area contributed by atoms with E-state index in [1.54, 1.807) is 7.11 Å². The Bertz CT molecular complexity index is 764. The Labute approximate surface area is 118 Å². The summed E-state index contributed by atoms with van der Waals surface area (Å²) in [5.41, 5.74) is 10.9. The zero-order valence-corrected chi connectivity index (χ0v) is 11.6. The van der Waals surface area contributed by atoms with E-state index in [0.29, 0.717) is 0 Å². The number of aromatic nitrogens is 1. The van der Waals surface area contributed by atoms with Gasteiger partial charge in [-0.15, -0.1) is 0 Å². The van der Waals surface area contributed by atoms with Gasteiger partial charge in [0, 0.05) is 22.7 Å². The van der Waals surface area contributed by atoms with Crippen molar-refractivity contribution in [2.75, 3.05) is 12.8 Å². The van der Waals surface area contributed by atoms with Crippen molar-refractivity contribution in [1.82, 2.24) is 4.98 Å². The summed E-state index contributed by atoms with van der Waals surface area (Å²) < 4.78 is 5.24. The van der Waals surface area contributed by atoms with E-state index in [4.69, 9.17) is 10.5 Å². The molecule has 0 bridgehead atoms. The molecular formula is C17H16N2O. The van der Waals surface area contributed by atoms with Crippen molar-refractivity contribution in [2.24, 2.45) is 0 Å². The molecule has 3 heteroatoms. The van der Waals surface area contributed by atoms with Crippen molar-refractivity contribution >= 4 is 16.6 Å². The number of anilines is 1. The fourth-order valence-corrected chi connectivity index (χ4v) is 2.23. The van der Waals surface area contributed by atoms with Gasteiger partial charge in [0.1, 0.15) is 5.75 Å². The van der Waals surface area contributed by atoms with E-state index in [-0.39, 0.29) is 0 Å². The molecule has 3 nitrogen and oxygen atoms in total. The molecule has 2 N–H and O–H groups in total. The number of pyridine rings is 1. The minimum atomic E-state index is 0.730. The molecule has 0 amide bonds. The molecule has 0 fully saturated rings. The maximum atomic E-state index is 6.13. The van der Waals surface area contributed by atoms with Crippen molar-refractivity contribution in [2.45, 2.75) is 6.92 Å². The second-order valence-corrected chi connectivity index (χ2v) is 4.85. The predicted molar refractivity (Wildman–Crippen MR) is 82.9 cm³/mol. The van der Waals surface area contributed by atoms with Crippen LogP contribution in [0.15, 0.2) is 48.5 Å². The van der Waals surface area contributed by atoms with Crippen LogP contribution in [0.1, 0.15) is 5.56 Å². The van der Waals surface area contributed by atoms with E-state index >= 15 is 0 Å². The van der Waals surface area contributed by atoms with Crippen LogP contribution >= 0.6 is 0 Å². The van der Waals surface area contributed by atoms with Crippen LogP contribution in [0.2, 0.25) is 0 Å². The lowest BCUT2D eigenvalue weighted by Crippen LogP contribution is -1.93. The molecule has 3 rings (SSSR count). The molecule has 0 spiro atoms. The van der Waals surface area contributed by atoms with Gasteiger partial charge < -0.3 is 10.5 Å². The standard InChI is InChI=1S/C17H16N2O/c1-11-3-5-12(6-4-11)16-10-15(18)14-8-7-13(20-2)9-17(14)19-16/h3-10H,1-2H3,(H2,18,19). The average Bonchev–Trinajstić information content (AvgIpc) is 2.47. The molecule has 0 aliphatic rings. The van der Waals surface area contributed by atoms with Gasteiger partial charge in [-0.1, -0.05) is 29.8 Å². The predicted octanol–water partition coefficient (Wildman–Crippen LogP) is 3.80. The highest BCUT2D eigenvalue weighted by molar-refractivity contribution is 5.93. The second-order valence-electron chi connectivity index (χ2n) is 4.85. The number of nitrogen functional groups attached to an aromatic ring is 1. The topological polar surface area (TPSA) is 48.1 Å². The molecule has 0 aliphatic carbocycles. The summed E-state index contributed by atoms with van der Waals surface area (Å²) in [6, 6.07) is 15.9. The number of nitrogens with zero attached hydrogens (tertiary/aromatic N) is 1. The highest BCUT2D eigenvalue weighted by Gasteiger charge is 2.06. The third-order valence-electron chi connectivity index (χ3n) is 3.40. The lowest BCUT2D eigenvalue weighted by molar-refractivity contribution is 0.415. The number of ether oxygens (including phenoxy) is 1. The lowest BCUT2D eigenvalue weighted by atomic mass is 10.1. The lowest BCUT2D eigenvalue weighted by Gasteiger charge is -2.08. The molecule has 0 saturated carbocycles. The molecule has 0 unspecified atom stereocenters. The van der Waals surface area contributed by atoms with Crippen LogP contribution in [-0.4, -0.2) is 12.1 Å². The van der Waals surface area contributed by atoms with Crippen LogP contribution in [0.3, 0.4) is 0 Å². The molecule has 100 valence electrons. The highest BCUT2D eigenvalue weighted by atomic mass is 16.5. The third kappa shape index (κ3) is 2.18. The van der Waals surface area contributed by atoms with Crippen molar-refractivity contribution in [1.29, 1.82) is 0 Å². The summed E-state index contributed by atoms with van der Waals surface area (Å²) in [7, 11) is 1.65. The fraction of sp³-hybridized carbons (Fsp3) is 0.118. The monoisotopic (exact) mass is 264 g/mol. The maximum absolute atomic E-state index is 6.13.